The molecule has 0 atom stereocenters. The first-order valence-corrected chi connectivity index (χ1v) is 8.28. The van der Waals surface area contributed by atoms with Gasteiger partial charge in [0, 0.05) is 13.1 Å². The van der Waals surface area contributed by atoms with Crippen LogP contribution in [0.2, 0.25) is 0 Å². The summed E-state index contributed by atoms with van der Waals surface area (Å²) in [6.45, 7) is 1.98. The Morgan fingerprint density at radius 3 is 2.46 bits per heavy atom. The maximum Gasteiger partial charge on any atom is 0.453 e. The first-order chi connectivity index (χ1) is 12.5. The Morgan fingerprint density at radius 1 is 0.962 bits per heavy atom. The molecule has 0 aromatic carbocycles. The van der Waals surface area contributed by atoms with E-state index in [4.69, 9.17) is 0 Å². The Bertz CT molecular complexity index is 898. The second-order valence-corrected chi connectivity index (χ2v) is 6.09. The van der Waals surface area contributed by atoms with Gasteiger partial charge in [-0.3, -0.25) is 0 Å². The third kappa shape index (κ3) is 3.26. The van der Waals surface area contributed by atoms with Crippen LogP contribution in [-0.2, 0) is 6.18 Å². The van der Waals surface area contributed by atoms with E-state index in [0.29, 0.717) is 10.2 Å². The summed E-state index contributed by atoms with van der Waals surface area (Å²) in [4.78, 5) is 6.66. The number of alkyl halides is 3. The third-order valence-corrected chi connectivity index (χ3v) is 4.22. The minimum Gasteiger partial charge on any atom is -0.357 e. The molecule has 1 fully saturated rings. The van der Waals surface area contributed by atoms with Crippen molar-refractivity contribution in [3.05, 3.63) is 36.3 Å². The van der Waals surface area contributed by atoms with Crippen molar-refractivity contribution in [3.8, 4) is 0 Å². The van der Waals surface area contributed by atoms with Gasteiger partial charge >= 0.3 is 6.18 Å². The molecule has 0 radical (unpaired) electrons. The molecule has 1 aliphatic rings. The van der Waals surface area contributed by atoms with Crippen LogP contribution < -0.4 is 10.2 Å². The van der Waals surface area contributed by atoms with Gasteiger partial charge in [0.1, 0.15) is 5.82 Å². The molecule has 7 nitrogen and oxygen atoms in total. The molecule has 0 spiro atoms. The van der Waals surface area contributed by atoms with Crippen LogP contribution in [-0.4, -0.2) is 37.9 Å². The van der Waals surface area contributed by atoms with Crippen molar-refractivity contribution in [1.82, 2.24) is 24.8 Å². The fraction of sp³-hybridized carbons (Fsp3) is 0.375. The molecule has 26 heavy (non-hydrogen) atoms. The smallest absolute Gasteiger partial charge is 0.357 e. The number of hydrogen-bond donors (Lipinski definition) is 1. The number of nitrogens with zero attached hydrogens (tertiary/aromatic N) is 6. The number of nitrogens with one attached hydrogen (secondary N) is 1. The van der Waals surface area contributed by atoms with Crippen LogP contribution in [0, 0.1) is 0 Å². The highest BCUT2D eigenvalue weighted by molar-refractivity contribution is 5.58. The molecule has 0 bridgehead atoms. The lowest BCUT2D eigenvalue weighted by molar-refractivity contribution is -0.146. The van der Waals surface area contributed by atoms with Gasteiger partial charge in [-0.15, -0.1) is 15.3 Å². The Kier molecular flexibility index (Phi) is 4.09. The van der Waals surface area contributed by atoms with E-state index in [1.165, 1.54) is 12.5 Å². The molecule has 0 saturated carbocycles. The van der Waals surface area contributed by atoms with Crippen LogP contribution in [0.3, 0.4) is 0 Å². The zero-order valence-corrected chi connectivity index (χ0v) is 13.7. The molecule has 1 N–H and O–H groups in total. The molecule has 3 aromatic rings. The number of hydrogen-bond acceptors (Lipinski definition) is 6. The minimum absolute atomic E-state index is 0.0291. The van der Waals surface area contributed by atoms with E-state index in [9.17, 15) is 13.2 Å². The van der Waals surface area contributed by atoms with Gasteiger partial charge in [0.05, 0.1) is 11.9 Å². The Balaban J connectivity index is 1.55. The molecule has 3 aromatic heterocycles. The fourth-order valence-corrected chi connectivity index (χ4v) is 2.95. The van der Waals surface area contributed by atoms with Gasteiger partial charge in [-0.05, 0) is 43.5 Å². The molecule has 0 unspecified atom stereocenters. The van der Waals surface area contributed by atoms with E-state index in [1.54, 1.807) is 12.3 Å². The molecule has 136 valence electrons. The molecule has 1 saturated heterocycles. The Hall–Kier alpha value is -2.91. The first-order valence-electron chi connectivity index (χ1n) is 8.28. The topological polar surface area (TPSA) is 71.2 Å². The third-order valence-electron chi connectivity index (χ3n) is 4.22. The summed E-state index contributed by atoms with van der Waals surface area (Å²) >= 11 is 0. The molecule has 1 aliphatic heterocycles. The van der Waals surface area contributed by atoms with Gasteiger partial charge < -0.3 is 10.2 Å². The highest BCUT2D eigenvalue weighted by Gasteiger charge is 2.37. The van der Waals surface area contributed by atoms with Crippen LogP contribution in [0.4, 0.5) is 30.5 Å². The quantitative estimate of drug-likeness (QED) is 0.770. The zero-order chi connectivity index (χ0) is 18.1. The second kappa shape index (κ2) is 6.43. The molecule has 4 heterocycles. The van der Waals surface area contributed by atoms with Gasteiger partial charge in [0.15, 0.2) is 11.5 Å². The van der Waals surface area contributed by atoms with E-state index in [2.05, 4.69) is 30.5 Å². The highest BCUT2D eigenvalue weighted by atomic mass is 19.4. The maximum atomic E-state index is 12.9. The van der Waals surface area contributed by atoms with Gasteiger partial charge in [-0.1, -0.05) is 0 Å². The van der Waals surface area contributed by atoms with Crippen molar-refractivity contribution < 1.29 is 13.2 Å². The standard InChI is InChI=1S/C16H16F3N7/c17-16(18,19)15-23-22-14-7-5-12(24-26(14)15)21-11-4-6-13(20-10-11)25-8-2-1-3-9-25/h4-7,10H,1-3,8-9H2,(H,21,24). The summed E-state index contributed by atoms with van der Waals surface area (Å²) in [5.41, 5.74) is 0.667. The summed E-state index contributed by atoms with van der Waals surface area (Å²) < 4.78 is 39.5. The Labute approximate surface area is 146 Å². The van der Waals surface area contributed by atoms with Crippen LogP contribution in [0.25, 0.3) is 5.65 Å². The average Bonchev–Trinajstić information content (AvgIpc) is 3.07. The molecular formula is C16H16F3N7. The number of aromatic nitrogens is 5. The van der Waals surface area contributed by atoms with E-state index in [1.807, 2.05) is 12.1 Å². The Morgan fingerprint density at radius 2 is 1.77 bits per heavy atom. The number of pyridine rings is 1. The van der Waals surface area contributed by atoms with Crippen molar-refractivity contribution in [2.45, 2.75) is 25.4 Å². The van der Waals surface area contributed by atoms with E-state index in [0.717, 1.165) is 31.7 Å². The van der Waals surface area contributed by atoms with Crippen molar-refractivity contribution in [3.63, 3.8) is 0 Å². The monoisotopic (exact) mass is 363 g/mol. The summed E-state index contributed by atoms with van der Waals surface area (Å²) in [5, 5.41) is 13.5. The van der Waals surface area contributed by atoms with E-state index < -0.39 is 12.0 Å². The van der Waals surface area contributed by atoms with Gasteiger partial charge in [-0.2, -0.15) is 17.7 Å². The maximum absolute atomic E-state index is 12.9. The zero-order valence-electron chi connectivity index (χ0n) is 13.7. The number of anilines is 3. The van der Waals surface area contributed by atoms with Crippen molar-refractivity contribution in [2.75, 3.05) is 23.3 Å². The highest BCUT2D eigenvalue weighted by Crippen LogP contribution is 2.28. The van der Waals surface area contributed by atoms with Gasteiger partial charge in [0.25, 0.3) is 5.82 Å². The molecule has 0 amide bonds. The summed E-state index contributed by atoms with van der Waals surface area (Å²) in [6, 6.07) is 6.70. The lowest BCUT2D eigenvalue weighted by Gasteiger charge is -2.27. The fourth-order valence-electron chi connectivity index (χ4n) is 2.95. The van der Waals surface area contributed by atoms with Crippen molar-refractivity contribution in [1.29, 1.82) is 0 Å². The second-order valence-electron chi connectivity index (χ2n) is 6.09. The normalized spacial score (nSPS) is 15.4. The van der Waals surface area contributed by atoms with Crippen LogP contribution in [0.15, 0.2) is 30.5 Å². The predicted molar refractivity (Wildman–Crippen MR) is 89.4 cm³/mol. The predicted octanol–water partition coefficient (Wildman–Crippen LogP) is 3.27. The summed E-state index contributed by atoms with van der Waals surface area (Å²) in [7, 11) is 0. The lowest BCUT2D eigenvalue weighted by Crippen LogP contribution is -2.29. The average molecular weight is 363 g/mol. The van der Waals surface area contributed by atoms with Crippen LogP contribution in [0.5, 0.6) is 0 Å². The van der Waals surface area contributed by atoms with Crippen molar-refractivity contribution >= 4 is 23.0 Å². The number of halogens is 3. The van der Waals surface area contributed by atoms with Crippen LogP contribution in [0.1, 0.15) is 25.1 Å². The number of piperidine rings is 1. The molecular weight excluding hydrogens is 347 g/mol. The number of fused-ring (bicyclic) bond motifs is 1. The molecule has 0 aliphatic carbocycles. The summed E-state index contributed by atoms with van der Waals surface area (Å²) in [6.07, 6.45) is 0.584. The van der Waals surface area contributed by atoms with Gasteiger partial charge in [-0.25, -0.2) is 4.98 Å². The number of rotatable bonds is 3. The van der Waals surface area contributed by atoms with E-state index in [-0.39, 0.29) is 11.5 Å². The first kappa shape index (κ1) is 16.6. The largest absolute Gasteiger partial charge is 0.453 e. The molecule has 4 rings (SSSR count). The van der Waals surface area contributed by atoms with Gasteiger partial charge in [0.2, 0.25) is 0 Å². The SMILES string of the molecule is FC(F)(F)c1nnc2ccc(Nc3ccc(N4CCCCC4)nc3)nn12. The minimum atomic E-state index is -4.62. The van der Waals surface area contributed by atoms with Crippen LogP contribution >= 0.6 is 0 Å². The lowest BCUT2D eigenvalue weighted by atomic mass is 10.1. The summed E-state index contributed by atoms with van der Waals surface area (Å²) in [5.74, 6) is -0.0122. The molecule has 10 heteroatoms. The van der Waals surface area contributed by atoms with Crippen molar-refractivity contribution in [2.24, 2.45) is 0 Å². The van der Waals surface area contributed by atoms with E-state index >= 15 is 0 Å².